The van der Waals surface area contributed by atoms with Crippen LogP contribution in [0.1, 0.15) is 23.7 Å². The third kappa shape index (κ3) is 4.94. The molecule has 0 saturated heterocycles. The van der Waals surface area contributed by atoms with E-state index >= 15 is 0 Å². The molecule has 0 aliphatic heterocycles. The lowest BCUT2D eigenvalue weighted by atomic mass is 9.97. The van der Waals surface area contributed by atoms with Gasteiger partial charge >= 0.3 is 6.18 Å². The van der Waals surface area contributed by atoms with Crippen LogP contribution < -0.4 is 10.5 Å². The van der Waals surface area contributed by atoms with Crippen LogP contribution in [0.25, 0.3) is 0 Å². The maximum Gasteiger partial charge on any atom is 0.422 e. The van der Waals surface area contributed by atoms with Gasteiger partial charge < -0.3 is 10.5 Å². The van der Waals surface area contributed by atoms with E-state index < -0.39 is 24.6 Å². The van der Waals surface area contributed by atoms with Gasteiger partial charge in [0.1, 0.15) is 5.75 Å². The van der Waals surface area contributed by atoms with Crippen molar-refractivity contribution >= 4 is 5.91 Å². The Morgan fingerprint density at radius 1 is 1.39 bits per heavy atom. The number of amides is 1. The van der Waals surface area contributed by atoms with Crippen molar-refractivity contribution in [3.05, 3.63) is 35.9 Å². The van der Waals surface area contributed by atoms with Crippen molar-refractivity contribution < 1.29 is 22.7 Å². The smallest absolute Gasteiger partial charge is 0.422 e. The Bertz CT molecular complexity index is 669. The second-order valence-corrected chi connectivity index (χ2v) is 4.86. The van der Waals surface area contributed by atoms with Crippen LogP contribution in [0.4, 0.5) is 13.2 Å². The summed E-state index contributed by atoms with van der Waals surface area (Å²) in [7, 11) is 1.67. The monoisotopic (exact) mass is 329 g/mol. The zero-order valence-corrected chi connectivity index (χ0v) is 12.1. The quantitative estimate of drug-likeness (QED) is 0.858. The molecular formula is C13H14F3N5O2. The summed E-state index contributed by atoms with van der Waals surface area (Å²) < 4.78 is 42.4. The SMILES string of the molecule is Cn1cc([C@@H](CC(N)=O)c2ccc(OCC(F)(F)F)cn2)nn1. The number of primary amides is 1. The summed E-state index contributed by atoms with van der Waals surface area (Å²) in [6.07, 6.45) is -1.70. The van der Waals surface area contributed by atoms with E-state index in [1.807, 2.05) is 0 Å². The maximum atomic E-state index is 12.1. The molecule has 124 valence electrons. The van der Waals surface area contributed by atoms with Crippen LogP contribution in [0.3, 0.4) is 0 Å². The van der Waals surface area contributed by atoms with Gasteiger partial charge in [-0.1, -0.05) is 5.21 Å². The fourth-order valence-electron chi connectivity index (χ4n) is 1.94. The third-order valence-electron chi connectivity index (χ3n) is 2.90. The summed E-state index contributed by atoms with van der Waals surface area (Å²) >= 11 is 0. The van der Waals surface area contributed by atoms with Gasteiger partial charge in [-0.25, -0.2) is 0 Å². The van der Waals surface area contributed by atoms with Crippen LogP contribution >= 0.6 is 0 Å². The molecule has 0 radical (unpaired) electrons. The molecule has 2 aromatic rings. The summed E-state index contributed by atoms with van der Waals surface area (Å²) in [5, 5.41) is 7.70. The van der Waals surface area contributed by atoms with Gasteiger partial charge in [-0.2, -0.15) is 13.2 Å². The second kappa shape index (κ2) is 6.63. The first-order chi connectivity index (χ1) is 10.7. The Morgan fingerprint density at radius 2 is 2.13 bits per heavy atom. The molecule has 2 N–H and O–H groups in total. The Labute approximate surface area is 129 Å². The number of aryl methyl sites for hydroxylation is 1. The number of ether oxygens (including phenoxy) is 1. The largest absolute Gasteiger partial charge is 0.483 e. The lowest BCUT2D eigenvalue weighted by Crippen LogP contribution is -2.19. The fraction of sp³-hybridized carbons (Fsp3) is 0.385. The third-order valence-corrected chi connectivity index (χ3v) is 2.90. The molecule has 2 rings (SSSR count). The van der Waals surface area contributed by atoms with Crippen LogP contribution in [0.15, 0.2) is 24.5 Å². The average Bonchev–Trinajstić information content (AvgIpc) is 2.89. The van der Waals surface area contributed by atoms with Crippen molar-refractivity contribution in [1.82, 2.24) is 20.0 Å². The zero-order chi connectivity index (χ0) is 17.0. The summed E-state index contributed by atoms with van der Waals surface area (Å²) in [4.78, 5) is 15.3. The van der Waals surface area contributed by atoms with Gasteiger partial charge in [-0.15, -0.1) is 5.10 Å². The first-order valence-electron chi connectivity index (χ1n) is 6.54. The molecule has 7 nitrogen and oxygen atoms in total. The number of hydrogen-bond donors (Lipinski definition) is 1. The highest BCUT2D eigenvalue weighted by molar-refractivity contribution is 5.75. The molecule has 1 atom stereocenters. The molecule has 0 bridgehead atoms. The van der Waals surface area contributed by atoms with Gasteiger partial charge in [-0.05, 0) is 12.1 Å². The Kier molecular flexibility index (Phi) is 4.82. The van der Waals surface area contributed by atoms with Crippen LogP contribution in [0, 0.1) is 0 Å². The van der Waals surface area contributed by atoms with Gasteiger partial charge in [0.2, 0.25) is 5.91 Å². The molecule has 1 amide bonds. The molecule has 0 unspecified atom stereocenters. The van der Waals surface area contributed by atoms with Crippen LogP contribution in [0.5, 0.6) is 5.75 Å². The Hall–Kier alpha value is -2.65. The second-order valence-electron chi connectivity index (χ2n) is 4.86. The average molecular weight is 329 g/mol. The molecule has 0 aliphatic rings. The lowest BCUT2D eigenvalue weighted by molar-refractivity contribution is -0.153. The summed E-state index contributed by atoms with van der Waals surface area (Å²) in [6, 6.07) is 2.81. The molecule has 10 heteroatoms. The fourth-order valence-corrected chi connectivity index (χ4v) is 1.94. The number of halogens is 3. The predicted octanol–water partition coefficient (Wildman–Crippen LogP) is 1.16. The van der Waals surface area contributed by atoms with E-state index in [4.69, 9.17) is 5.73 Å². The van der Waals surface area contributed by atoms with E-state index in [9.17, 15) is 18.0 Å². The minimum Gasteiger partial charge on any atom is -0.483 e. The van der Waals surface area contributed by atoms with Crippen LogP contribution in [-0.2, 0) is 11.8 Å². The number of alkyl halides is 3. The summed E-state index contributed by atoms with van der Waals surface area (Å²) in [5.74, 6) is -1.11. The van der Waals surface area contributed by atoms with Gasteiger partial charge in [0, 0.05) is 19.7 Å². The molecule has 0 aromatic carbocycles. The van der Waals surface area contributed by atoms with E-state index in [0.29, 0.717) is 11.4 Å². The number of hydrogen-bond acceptors (Lipinski definition) is 5. The van der Waals surface area contributed by atoms with E-state index in [0.717, 1.165) is 6.20 Å². The minimum atomic E-state index is -4.42. The number of pyridine rings is 1. The molecule has 0 spiro atoms. The summed E-state index contributed by atoms with van der Waals surface area (Å²) in [5.41, 5.74) is 6.15. The van der Waals surface area contributed by atoms with E-state index in [2.05, 4.69) is 20.0 Å². The van der Waals surface area contributed by atoms with Crippen LogP contribution in [-0.4, -0.2) is 38.7 Å². The number of aromatic nitrogens is 4. The van der Waals surface area contributed by atoms with Gasteiger partial charge in [0.25, 0.3) is 0 Å². The predicted molar refractivity (Wildman–Crippen MR) is 72.4 cm³/mol. The van der Waals surface area contributed by atoms with Crippen molar-refractivity contribution in [2.45, 2.75) is 18.5 Å². The molecule has 23 heavy (non-hydrogen) atoms. The molecule has 2 heterocycles. The molecule has 0 fully saturated rings. The van der Waals surface area contributed by atoms with Gasteiger partial charge in [0.15, 0.2) is 6.61 Å². The first kappa shape index (κ1) is 16.7. The van der Waals surface area contributed by atoms with E-state index in [-0.39, 0.29) is 12.2 Å². The normalized spacial score (nSPS) is 12.9. The van der Waals surface area contributed by atoms with Crippen molar-refractivity contribution in [1.29, 1.82) is 0 Å². The highest BCUT2D eigenvalue weighted by Gasteiger charge is 2.28. The maximum absolute atomic E-state index is 12.1. The molecule has 0 aliphatic carbocycles. The molecular weight excluding hydrogens is 315 g/mol. The molecule has 2 aromatic heterocycles. The van der Waals surface area contributed by atoms with Gasteiger partial charge in [-0.3, -0.25) is 14.5 Å². The topological polar surface area (TPSA) is 95.9 Å². The van der Waals surface area contributed by atoms with Crippen molar-refractivity contribution in [2.75, 3.05) is 6.61 Å². The number of nitrogens with zero attached hydrogens (tertiary/aromatic N) is 4. The first-order valence-corrected chi connectivity index (χ1v) is 6.54. The van der Waals surface area contributed by atoms with Crippen molar-refractivity contribution in [3.8, 4) is 5.75 Å². The lowest BCUT2D eigenvalue weighted by Gasteiger charge is -2.13. The van der Waals surface area contributed by atoms with Crippen LogP contribution in [0.2, 0.25) is 0 Å². The highest BCUT2D eigenvalue weighted by atomic mass is 19.4. The number of rotatable bonds is 6. The number of carbonyl (C=O) groups is 1. The standard InChI is InChI=1S/C13H14F3N5O2/c1-21-6-11(19-20-21)9(4-12(17)22)10-3-2-8(5-18-10)23-7-13(14,15)16/h2-3,5-6,9H,4,7H2,1H3,(H2,17,22)/t9-/m0/s1. The van der Waals surface area contributed by atoms with E-state index in [1.54, 1.807) is 13.2 Å². The zero-order valence-electron chi connectivity index (χ0n) is 12.1. The minimum absolute atomic E-state index is 0.0250. The number of nitrogens with two attached hydrogens (primary N) is 1. The van der Waals surface area contributed by atoms with Crippen molar-refractivity contribution in [2.24, 2.45) is 12.8 Å². The highest BCUT2D eigenvalue weighted by Crippen LogP contribution is 2.26. The van der Waals surface area contributed by atoms with E-state index in [1.165, 1.54) is 16.8 Å². The number of carbonyl (C=O) groups excluding carboxylic acids is 1. The summed E-state index contributed by atoms with van der Waals surface area (Å²) in [6.45, 7) is -1.40. The molecule has 0 saturated carbocycles. The van der Waals surface area contributed by atoms with Gasteiger partial charge in [0.05, 0.1) is 23.5 Å². The van der Waals surface area contributed by atoms with Crippen molar-refractivity contribution in [3.63, 3.8) is 0 Å². The Morgan fingerprint density at radius 3 is 2.61 bits per heavy atom. The Balaban J connectivity index is 2.17.